The average molecular weight is 379 g/mol. The summed E-state index contributed by atoms with van der Waals surface area (Å²) in [6, 6.07) is 6.57. The molecule has 25 heavy (non-hydrogen) atoms. The summed E-state index contributed by atoms with van der Waals surface area (Å²) in [5, 5.41) is 12.1. The zero-order valence-corrected chi connectivity index (χ0v) is 14.0. The molecule has 2 atom stereocenters. The lowest BCUT2D eigenvalue weighted by molar-refractivity contribution is -0.187. The summed E-state index contributed by atoms with van der Waals surface area (Å²) >= 11 is 5.87. The molecule has 0 aliphatic carbocycles. The van der Waals surface area contributed by atoms with Crippen LogP contribution in [0.25, 0.3) is 0 Å². The third kappa shape index (κ3) is 5.26. The Morgan fingerprint density at radius 2 is 2.04 bits per heavy atom. The smallest absolute Gasteiger partial charge is 0.394 e. The minimum atomic E-state index is -4.65. The van der Waals surface area contributed by atoms with Crippen molar-refractivity contribution in [3.63, 3.8) is 0 Å². The first-order valence-electron chi connectivity index (χ1n) is 7.75. The van der Waals surface area contributed by atoms with E-state index in [0.717, 1.165) is 10.5 Å². The SMILES string of the molecule is O=C(O)[C@@H]1CN(C(=O)NCCCc2cccc(Cl)c2)C[C@H]1C(F)(F)F. The zero-order chi connectivity index (χ0) is 18.6. The maximum atomic E-state index is 12.9. The number of halogens is 4. The van der Waals surface area contributed by atoms with E-state index in [0.29, 0.717) is 17.9 Å². The first-order chi connectivity index (χ1) is 11.7. The molecule has 0 saturated carbocycles. The Morgan fingerprint density at radius 3 is 2.60 bits per heavy atom. The third-order valence-electron chi connectivity index (χ3n) is 4.15. The number of alkyl halides is 3. The van der Waals surface area contributed by atoms with E-state index in [9.17, 15) is 22.8 Å². The van der Waals surface area contributed by atoms with Gasteiger partial charge in [-0.25, -0.2) is 4.79 Å². The Morgan fingerprint density at radius 1 is 1.32 bits per heavy atom. The molecule has 9 heteroatoms. The highest BCUT2D eigenvalue weighted by Crippen LogP contribution is 2.37. The lowest BCUT2D eigenvalue weighted by Gasteiger charge is -2.18. The van der Waals surface area contributed by atoms with E-state index in [4.69, 9.17) is 16.7 Å². The largest absolute Gasteiger partial charge is 0.481 e. The second-order valence-electron chi connectivity index (χ2n) is 5.96. The van der Waals surface area contributed by atoms with Gasteiger partial charge in [0.25, 0.3) is 0 Å². The van der Waals surface area contributed by atoms with Crippen LogP contribution in [0.4, 0.5) is 18.0 Å². The predicted molar refractivity (Wildman–Crippen MR) is 85.4 cm³/mol. The third-order valence-corrected chi connectivity index (χ3v) is 4.39. The minimum absolute atomic E-state index is 0.274. The van der Waals surface area contributed by atoms with Crippen LogP contribution in [0.15, 0.2) is 24.3 Å². The molecular weight excluding hydrogens is 361 g/mol. The molecule has 1 fully saturated rings. The van der Waals surface area contributed by atoms with Crippen molar-refractivity contribution in [1.29, 1.82) is 0 Å². The Labute approximate surface area is 147 Å². The number of hydrogen-bond acceptors (Lipinski definition) is 2. The van der Waals surface area contributed by atoms with E-state index in [1.165, 1.54) is 0 Å². The number of carbonyl (C=O) groups excluding carboxylic acids is 1. The topological polar surface area (TPSA) is 69.6 Å². The van der Waals surface area contributed by atoms with E-state index >= 15 is 0 Å². The molecule has 0 unspecified atom stereocenters. The van der Waals surface area contributed by atoms with E-state index in [1.54, 1.807) is 12.1 Å². The van der Waals surface area contributed by atoms with Gasteiger partial charge in [-0.15, -0.1) is 0 Å². The molecule has 2 N–H and O–H groups in total. The summed E-state index contributed by atoms with van der Waals surface area (Å²) in [5.41, 5.74) is 0.992. The van der Waals surface area contributed by atoms with Crippen molar-refractivity contribution in [1.82, 2.24) is 10.2 Å². The maximum absolute atomic E-state index is 12.9. The summed E-state index contributed by atoms with van der Waals surface area (Å²) in [6.07, 6.45) is -3.40. The molecule has 1 aromatic carbocycles. The molecule has 2 amide bonds. The van der Waals surface area contributed by atoms with Crippen molar-refractivity contribution < 1.29 is 27.9 Å². The van der Waals surface area contributed by atoms with Crippen molar-refractivity contribution in [2.24, 2.45) is 11.8 Å². The second-order valence-corrected chi connectivity index (χ2v) is 6.40. The zero-order valence-electron chi connectivity index (χ0n) is 13.2. The number of aliphatic carboxylic acids is 1. The van der Waals surface area contributed by atoms with E-state index in [-0.39, 0.29) is 6.54 Å². The number of urea groups is 1. The Balaban J connectivity index is 1.82. The number of nitrogens with zero attached hydrogens (tertiary/aromatic N) is 1. The fourth-order valence-electron chi connectivity index (χ4n) is 2.84. The number of carbonyl (C=O) groups is 2. The first kappa shape index (κ1) is 19.4. The van der Waals surface area contributed by atoms with Gasteiger partial charge in [-0.05, 0) is 30.5 Å². The molecule has 0 spiro atoms. The van der Waals surface area contributed by atoms with Crippen LogP contribution in [-0.4, -0.2) is 47.8 Å². The molecule has 1 aliphatic rings. The number of nitrogens with one attached hydrogen (secondary N) is 1. The molecule has 0 radical (unpaired) electrons. The molecular formula is C16H18ClF3N2O3. The normalized spacial score (nSPS) is 20.6. The van der Waals surface area contributed by atoms with Crippen molar-refractivity contribution in [3.05, 3.63) is 34.9 Å². The van der Waals surface area contributed by atoms with Gasteiger partial charge in [0, 0.05) is 24.7 Å². The molecule has 5 nitrogen and oxygen atoms in total. The van der Waals surface area contributed by atoms with Crippen LogP contribution in [0.1, 0.15) is 12.0 Å². The summed E-state index contributed by atoms with van der Waals surface area (Å²) in [7, 11) is 0. The van der Waals surface area contributed by atoms with Crippen molar-refractivity contribution in [2.75, 3.05) is 19.6 Å². The summed E-state index contributed by atoms with van der Waals surface area (Å²) in [5.74, 6) is -5.21. The van der Waals surface area contributed by atoms with Gasteiger partial charge in [0.2, 0.25) is 0 Å². The quantitative estimate of drug-likeness (QED) is 0.773. The molecule has 1 aliphatic heterocycles. The van der Waals surface area contributed by atoms with Gasteiger partial charge < -0.3 is 15.3 Å². The highest BCUT2D eigenvalue weighted by molar-refractivity contribution is 6.30. The fourth-order valence-corrected chi connectivity index (χ4v) is 3.06. The summed E-state index contributed by atoms with van der Waals surface area (Å²) < 4.78 is 38.7. The van der Waals surface area contributed by atoms with E-state index < -0.39 is 43.1 Å². The second kappa shape index (κ2) is 7.95. The summed E-state index contributed by atoms with van der Waals surface area (Å²) in [6.45, 7) is -0.809. The number of carboxylic acid groups (broad SMARTS) is 1. The van der Waals surface area contributed by atoms with Crippen molar-refractivity contribution in [3.8, 4) is 0 Å². The highest BCUT2D eigenvalue weighted by Gasteiger charge is 2.53. The van der Waals surface area contributed by atoms with Crippen molar-refractivity contribution >= 4 is 23.6 Å². The van der Waals surface area contributed by atoms with Gasteiger partial charge in [0.1, 0.15) is 0 Å². The monoisotopic (exact) mass is 378 g/mol. The number of carboxylic acids is 1. The Bertz CT molecular complexity index is 639. The Kier molecular flexibility index (Phi) is 6.16. The molecule has 1 saturated heterocycles. The molecule has 1 heterocycles. The van der Waals surface area contributed by atoms with Crippen molar-refractivity contribution in [2.45, 2.75) is 19.0 Å². The lowest BCUT2D eigenvalue weighted by atomic mass is 9.96. The highest BCUT2D eigenvalue weighted by atomic mass is 35.5. The van der Waals surface area contributed by atoms with Gasteiger partial charge in [0.05, 0.1) is 11.8 Å². The molecule has 0 aromatic heterocycles. The average Bonchev–Trinajstić information content (AvgIpc) is 2.97. The number of amides is 2. The molecule has 138 valence electrons. The van der Waals surface area contributed by atoms with Gasteiger partial charge in [-0.2, -0.15) is 13.2 Å². The van der Waals surface area contributed by atoms with Crippen LogP contribution in [-0.2, 0) is 11.2 Å². The van der Waals surface area contributed by atoms with E-state index in [1.807, 2.05) is 12.1 Å². The number of hydrogen-bond donors (Lipinski definition) is 2. The van der Waals surface area contributed by atoms with Crippen LogP contribution < -0.4 is 5.32 Å². The minimum Gasteiger partial charge on any atom is -0.481 e. The fraction of sp³-hybridized carbons (Fsp3) is 0.500. The standard InChI is InChI=1S/C16H18ClF3N2O3/c17-11-5-1-3-10(7-11)4-2-6-21-15(25)22-8-12(14(23)24)13(9-22)16(18,19)20/h1,3,5,7,12-13H,2,4,6,8-9H2,(H,21,25)(H,23,24)/t12-,13-/m1/s1. The first-order valence-corrected chi connectivity index (χ1v) is 8.13. The number of benzene rings is 1. The number of rotatable bonds is 5. The number of aryl methyl sites for hydroxylation is 1. The predicted octanol–water partition coefficient (Wildman–Crippen LogP) is 3.18. The molecule has 2 rings (SSSR count). The molecule has 0 bridgehead atoms. The van der Waals surface area contributed by atoms with E-state index in [2.05, 4.69) is 5.32 Å². The van der Waals surface area contributed by atoms with Gasteiger partial charge in [-0.1, -0.05) is 23.7 Å². The van der Waals surface area contributed by atoms with Gasteiger partial charge in [0.15, 0.2) is 0 Å². The lowest BCUT2D eigenvalue weighted by Crippen LogP contribution is -2.40. The number of likely N-dealkylation sites (tertiary alicyclic amines) is 1. The maximum Gasteiger partial charge on any atom is 0.394 e. The summed E-state index contributed by atoms with van der Waals surface area (Å²) in [4.78, 5) is 23.9. The molecule has 1 aromatic rings. The Hall–Kier alpha value is -1.96. The van der Waals surface area contributed by atoms with Gasteiger partial charge >= 0.3 is 18.2 Å². The van der Waals surface area contributed by atoms with Crippen LogP contribution >= 0.6 is 11.6 Å². The van der Waals surface area contributed by atoms with Crippen LogP contribution in [0.3, 0.4) is 0 Å². The van der Waals surface area contributed by atoms with Crippen LogP contribution in [0.2, 0.25) is 5.02 Å². The van der Waals surface area contributed by atoms with Crippen LogP contribution in [0.5, 0.6) is 0 Å². The van der Waals surface area contributed by atoms with Crippen LogP contribution in [0, 0.1) is 11.8 Å². The van der Waals surface area contributed by atoms with Gasteiger partial charge in [-0.3, -0.25) is 4.79 Å².